The first-order valence-corrected chi connectivity index (χ1v) is 7.57. The Morgan fingerprint density at radius 3 is 2.86 bits per heavy atom. The third kappa shape index (κ3) is 3.03. The Bertz CT molecular complexity index is 776. The zero-order chi connectivity index (χ0) is 15.5. The number of nitrogens with zero attached hydrogens (tertiary/aromatic N) is 2. The number of benzene rings is 1. The predicted octanol–water partition coefficient (Wildman–Crippen LogP) is 3.32. The van der Waals surface area contributed by atoms with E-state index in [-0.39, 0.29) is 0 Å². The van der Waals surface area contributed by atoms with E-state index in [1.54, 1.807) is 0 Å². The highest BCUT2D eigenvalue weighted by atomic mass is 15.1. The molecule has 0 fully saturated rings. The number of para-hydroxylation sites is 1. The summed E-state index contributed by atoms with van der Waals surface area (Å²) in [6.07, 6.45) is 2.99. The molecule has 2 heterocycles. The summed E-state index contributed by atoms with van der Waals surface area (Å²) in [5, 5.41) is 4.61. The fourth-order valence-electron chi connectivity index (χ4n) is 2.54. The molecule has 5 heteroatoms. The highest BCUT2D eigenvalue weighted by Gasteiger charge is 2.07. The van der Waals surface area contributed by atoms with E-state index in [1.165, 1.54) is 16.5 Å². The molecule has 0 spiro atoms. The average Bonchev–Trinajstić information content (AvgIpc) is 2.90. The number of rotatable bonds is 5. The molecular formula is C17H21N5. The van der Waals surface area contributed by atoms with E-state index in [4.69, 9.17) is 5.73 Å². The van der Waals surface area contributed by atoms with E-state index in [9.17, 15) is 0 Å². The molecule has 3 rings (SSSR count). The van der Waals surface area contributed by atoms with Gasteiger partial charge >= 0.3 is 0 Å². The Morgan fingerprint density at radius 1 is 1.23 bits per heavy atom. The van der Waals surface area contributed by atoms with Crippen LogP contribution >= 0.6 is 0 Å². The number of hydrogen-bond donors (Lipinski definition) is 3. The van der Waals surface area contributed by atoms with E-state index < -0.39 is 0 Å². The van der Waals surface area contributed by atoms with Gasteiger partial charge in [0.25, 0.3) is 0 Å². The van der Waals surface area contributed by atoms with Gasteiger partial charge in [0.1, 0.15) is 5.82 Å². The van der Waals surface area contributed by atoms with Crippen molar-refractivity contribution < 1.29 is 0 Å². The van der Waals surface area contributed by atoms with Crippen molar-refractivity contribution in [3.63, 3.8) is 0 Å². The van der Waals surface area contributed by atoms with E-state index in [0.717, 1.165) is 24.5 Å². The molecule has 0 amide bonds. The highest BCUT2D eigenvalue weighted by Crippen LogP contribution is 2.19. The molecule has 0 saturated carbocycles. The van der Waals surface area contributed by atoms with E-state index in [0.29, 0.717) is 11.9 Å². The highest BCUT2D eigenvalue weighted by molar-refractivity contribution is 5.83. The standard InChI is InChI=1S/C17H21N5/c1-11(2)15-9-16(22-17(18)21-15)19-8-7-12-10-20-14-6-4-3-5-13(12)14/h3-6,9-11,20H,7-8H2,1-2H3,(H3,18,19,21,22). The summed E-state index contributed by atoms with van der Waals surface area (Å²) in [4.78, 5) is 11.8. The summed E-state index contributed by atoms with van der Waals surface area (Å²) in [5.74, 6) is 1.44. The Morgan fingerprint density at radius 2 is 2.05 bits per heavy atom. The smallest absolute Gasteiger partial charge is 0.222 e. The quantitative estimate of drug-likeness (QED) is 0.674. The summed E-state index contributed by atoms with van der Waals surface area (Å²) in [6, 6.07) is 10.3. The predicted molar refractivity (Wildman–Crippen MR) is 91.0 cm³/mol. The molecule has 0 aliphatic carbocycles. The zero-order valence-corrected chi connectivity index (χ0v) is 12.9. The lowest BCUT2D eigenvalue weighted by Gasteiger charge is -2.10. The van der Waals surface area contributed by atoms with Gasteiger partial charge < -0.3 is 16.0 Å². The molecule has 114 valence electrons. The number of hydrogen-bond acceptors (Lipinski definition) is 4. The number of nitrogen functional groups attached to an aromatic ring is 1. The molecule has 0 saturated heterocycles. The minimum absolute atomic E-state index is 0.320. The minimum atomic E-state index is 0.320. The fourth-order valence-corrected chi connectivity index (χ4v) is 2.54. The lowest BCUT2D eigenvalue weighted by atomic mass is 10.1. The second-order valence-corrected chi connectivity index (χ2v) is 5.73. The number of nitrogens with two attached hydrogens (primary N) is 1. The Kier molecular flexibility index (Phi) is 3.96. The monoisotopic (exact) mass is 295 g/mol. The van der Waals surface area contributed by atoms with Crippen LogP contribution in [0.3, 0.4) is 0 Å². The van der Waals surface area contributed by atoms with Crippen LogP contribution in [0.1, 0.15) is 31.0 Å². The topological polar surface area (TPSA) is 79.6 Å². The van der Waals surface area contributed by atoms with Crippen molar-refractivity contribution in [2.24, 2.45) is 0 Å². The lowest BCUT2D eigenvalue weighted by Crippen LogP contribution is -2.09. The Hall–Kier alpha value is -2.56. The molecule has 0 atom stereocenters. The van der Waals surface area contributed by atoms with Crippen molar-refractivity contribution in [2.75, 3.05) is 17.6 Å². The SMILES string of the molecule is CC(C)c1cc(NCCc2c[nH]c3ccccc23)nc(N)n1. The van der Waals surface area contributed by atoms with Crippen molar-refractivity contribution in [1.82, 2.24) is 15.0 Å². The van der Waals surface area contributed by atoms with Crippen LogP contribution in [-0.2, 0) is 6.42 Å². The normalized spacial score (nSPS) is 11.2. The minimum Gasteiger partial charge on any atom is -0.370 e. The van der Waals surface area contributed by atoms with Crippen LogP contribution in [0, 0.1) is 0 Å². The lowest BCUT2D eigenvalue weighted by molar-refractivity contribution is 0.817. The van der Waals surface area contributed by atoms with Gasteiger partial charge in [-0.1, -0.05) is 32.0 Å². The second kappa shape index (κ2) is 6.05. The first-order chi connectivity index (χ1) is 10.6. The van der Waals surface area contributed by atoms with Crippen molar-refractivity contribution >= 4 is 22.7 Å². The van der Waals surface area contributed by atoms with Crippen LogP contribution in [0.5, 0.6) is 0 Å². The zero-order valence-electron chi connectivity index (χ0n) is 12.9. The van der Waals surface area contributed by atoms with Gasteiger partial charge in [0.05, 0.1) is 5.69 Å². The van der Waals surface area contributed by atoms with Crippen LogP contribution in [0.25, 0.3) is 10.9 Å². The number of nitrogens with one attached hydrogen (secondary N) is 2. The number of aromatic nitrogens is 3. The van der Waals surface area contributed by atoms with Crippen LogP contribution in [0.2, 0.25) is 0 Å². The average molecular weight is 295 g/mol. The summed E-state index contributed by atoms with van der Waals surface area (Å²) in [5.41, 5.74) is 9.20. The van der Waals surface area contributed by atoms with Gasteiger partial charge in [-0.05, 0) is 24.0 Å². The third-order valence-electron chi connectivity index (χ3n) is 3.73. The first-order valence-electron chi connectivity index (χ1n) is 7.57. The maximum absolute atomic E-state index is 5.77. The maximum atomic E-state index is 5.77. The summed E-state index contributed by atoms with van der Waals surface area (Å²) < 4.78 is 0. The van der Waals surface area contributed by atoms with Crippen LogP contribution in [0.15, 0.2) is 36.5 Å². The molecule has 22 heavy (non-hydrogen) atoms. The molecule has 0 aliphatic heterocycles. The van der Waals surface area contributed by atoms with Crippen LogP contribution in [0.4, 0.5) is 11.8 Å². The summed E-state index contributed by atoms with van der Waals surface area (Å²) in [7, 11) is 0. The molecule has 0 radical (unpaired) electrons. The van der Waals surface area contributed by atoms with E-state index in [2.05, 4.69) is 58.5 Å². The molecule has 5 nitrogen and oxygen atoms in total. The molecule has 0 unspecified atom stereocenters. The van der Waals surface area contributed by atoms with Gasteiger partial charge in [-0.3, -0.25) is 0 Å². The van der Waals surface area contributed by atoms with Gasteiger partial charge in [-0.2, -0.15) is 4.98 Å². The molecule has 2 aromatic heterocycles. The number of fused-ring (bicyclic) bond motifs is 1. The molecule has 0 bridgehead atoms. The summed E-state index contributed by atoms with van der Waals surface area (Å²) in [6.45, 7) is 4.99. The Balaban J connectivity index is 1.68. The molecule has 1 aromatic carbocycles. The van der Waals surface area contributed by atoms with Gasteiger partial charge in [-0.25, -0.2) is 4.98 Å². The van der Waals surface area contributed by atoms with Crippen molar-refractivity contribution in [1.29, 1.82) is 0 Å². The van der Waals surface area contributed by atoms with Crippen LogP contribution < -0.4 is 11.1 Å². The van der Waals surface area contributed by atoms with Gasteiger partial charge in [-0.15, -0.1) is 0 Å². The number of H-pyrrole nitrogens is 1. The second-order valence-electron chi connectivity index (χ2n) is 5.73. The molecule has 0 aliphatic rings. The number of anilines is 2. The maximum Gasteiger partial charge on any atom is 0.222 e. The first kappa shape index (κ1) is 14.4. The number of aromatic amines is 1. The Labute approximate surface area is 130 Å². The van der Waals surface area contributed by atoms with Crippen LogP contribution in [-0.4, -0.2) is 21.5 Å². The van der Waals surface area contributed by atoms with E-state index >= 15 is 0 Å². The fraction of sp³-hybridized carbons (Fsp3) is 0.294. The third-order valence-corrected chi connectivity index (χ3v) is 3.73. The molecular weight excluding hydrogens is 274 g/mol. The molecule has 4 N–H and O–H groups in total. The van der Waals surface area contributed by atoms with Crippen molar-refractivity contribution in [3.8, 4) is 0 Å². The van der Waals surface area contributed by atoms with Gasteiger partial charge in [0.15, 0.2) is 0 Å². The largest absolute Gasteiger partial charge is 0.370 e. The van der Waals surface area contributed by atoms with E-state index in [1.807, 2.05) is 12.1 Å². The summed E-state index contributed by atoms with van der Waals surface area (Å²) >= 11 is 0. The van der Waals surface area contributed by atoms with Crippen molar-refractivity contribution in [2.45, 2.75) is 26.2 Å². The van der Waals surface area contributed by atoms with Gasteiger partial charge in [0, 0.05) is 29.7 Å². The molecule has 3 aromatic rings. The van der Waals surface area contributed by atoms with Gasteiger partial charge in [0.2, 0.25) is 5.95 Å². The van der Waals surface area contributed by atoms with Crippen molar-refractivity contribution in [3.05, 3.63) is 47.8 Å².